The van der Waals surface area contributed by atoms with Crippen molar-refractivity contribution in [3.63, 3.8) is 0 Å². The number of hydrogen-bond acceptors (Lipinski definition) is 0. The molecular weight excluding hydrogens is 319 g/mol. The second-order valence-electron chi connectivity index (χ2n) is 4.68. The van der Waals surface area contributed by atoms with Gasteiger partial charge in [0.25, 0.3) is 0 Å². The Morgan fingerprint density at radius 2 is 1.41 bits per heavy atom. The van der Waals surface area contributed by atoms with E-state index in [9.17, 15) is 0 Å². The molecule has 0 amide bonds. The normalized spacial score (nSPS) is 11.5. The molecule has 1 heteroatoms. The monoisotopic (exact) mass is 337 g/mol. The van der Waals surface area contributed by atoms with Crippen LogP contribution in [0.2, 0.25) is 0 Å². The van der Waals surface area contributed by atoms with E-state index >= 15 is 0 Å². The molecule has 0 unspecified atom stereocenters. The molecule has 2 aromatic carbocycles. The zero-order chi connectivity index (χ0) is 12.3. The van der Waals surface area contributed by atoms with Gasteiger partial charge in [-0.2, -0.15) is 0 Å². The molecule has 0 atom stereocenters. The van der Waals surface area contributed by atoms with Gasteiger partial charge >= 0.3 is 21.2 Å². The van der Waals surface area contributed by atoms with Gasteiger partial charge in [0.05, 0.1) is 0 Å². The largest absolute Gasteiger partial charge is 0.324 e. The minimum atomic E-state index is -0.0200. The molecule has 0 saturated carbocycles. The third-order valence-corrected chi connectivity index (χ3v) is 6.64. The standard InChI is InChI=1S/C16H18I/c1-13-9-7-8-12-15(13)17-16(2,3)14-10-5-4-6-11-14/h4-12H,1-3H3/q+1. The predicted octanol–water partition coefficient (Wildman–Crippen LogP) is 1.19. The zero-order valence-electron chi connectivity index (χ0n) is 10.6. The average molecular weight is 337 g/mol. The Morgan fingerprint density at radius 1 is 0.824 bits per heavy atom. The van der Waals surface area contributed by atoms with Crippen LogP contribution in [0.15, 0.2) is 54.6 Å². The van der Waals surface area contributed by atoms with Crippen LogP contribution < -0.4 is 21.2 Å². The fourth-order valence-corrected chi connectivity index (χ4v) is 4.92. The Kier molecular flexibility index (Phi) is 3.87. The molecule has 0 aliphatic rings. The van der Waals surface area contributed by atoms with Crippen LogP contribution in [-0.2, 0) is 3.42 Å². The molecule has 17 heavy (non-hydrogen) atoms. The lowest BCUT2D eigenvalue weighted by Crippen LogP contribution is -3.66. The van der Waals surface area contributed by atoms with Gasteiger partial charge in [-0.3, -0.25) is 0 Å². The van der Waals surface area contributed by atoms with Crippen molar-refractivity contribution in [3.8, 4) is 0 Å². The van der Waals surface area contributed by atoms with E-state index in [1.807, 2.05) is 0 Å². The van der Waals surface area contributed by atoms with Crippen molar-refractivity contribution in [2.24, 2.45) is 0 Å². The summed E-state index contributed by atoms with van der Waals surface area (Å²) < 4.78 is 1.85. The lowest BCUT2D eigenvalue weighted by Gasteiger charge is -2.12. The molecule has 0 spiro atoms. The molecule has 0 fully saturated rings. The van der Waals surface area contributed by atoms with Crippen LogP contribution in [0.25, 0.3) is 0 Å². The smallest absolute Gasteiger partial charge is 0.0622 e. The van der Waals surface area contributed by atoms with Crippen molar-refractivity contribution in [1.82, 2.24) is 0 Å². The van der Waals surface area contributed by atoms with Crippen LogP contribution in [0.1, 0.15) is 25.0 Å². The van der Waals surface area contributed by atoms with E-state index in [0.29, 0.717) is 3.42 Å². The maximum absolute atomic E-state index is 2.36. The first-order valence-corrected chi connectivity index (χ1v) is 8.02. The highest BCUT2D eigenvalue weighted by molar-refractivity contribution is 5.20. The lowest BCUT2D eigenvalue weighted by molar-refractivity contribution is -0.705. The Labute approximate surface area is 114 Å². The van der Waals surface area contributed by atoms with Gasteiger partial charge in [0.15, 0.2) is 6.99 Å². The number of alkyl halides is 1. The molecule has 0 aliphatic heterocycles. The average Bonchev–Trinajstić information content (AvgIpc) is 2.33. The SMILES string of the molecule is Cc1ccccc1[I+]C(C)(C)c1ccccc1. The van der Waals surface area contributed by atoms with Gasteiger partial charge in [-0.05, 0) is 26.8 Å². The summed E-state index contributed by atoms with van der Waals surface area (Å²) in [6.45, 7) is 6.94. The van der Waals surface area contributed by atoms with Gasteiger partial charge in [-0.15, -0.1) is 0 Å². The van der Waals surface area contributed by atoms with Crippen LogP contribution in [-0.4, -0.2) is 0 Å². The molecule has 0 aliphatic carbocycles. The van der Waals surface area contributed by atoms with Crippen LogP contribution in [0, 0.1) is 10.5 Å². The molecule has 88 valence electrons. The number of aryl methyl sites for hydroxylation is 1. The van der Waals surface area contributed by atoms with Gasteiger partial charge < -0.3 is 0 Å². The molecule has 0 bridgehead atoms. The van der Waals surface area contributed by atoms with Crippen molar-refractivity contribution in [1.29, 1.82) is 0 Å². The summed E-state index contributed by atoms with van der Waals surface area (Å²) in [5.74, 6) is 0. The second kappa shape index (κ2) is 5.21. The van der Waals surface area contributed by atoms with Gasteiger partial charge in [-0.25, -0.2) is 0 Å². The van der Waals surface area contributed by atoms with Crippen molar-refractivity contribution < 1.29 is 21.2 Å². The minimum Gasteiger partial charge on any atom is -0.0622 e. The Morgan fingerprint density at radius 3 is 2.06 bits per heavy atom. The van der Waals surface area contributed by atoms with Crippen molar-refractivity contribution >= 4 is 0 Å². The van der Waals surface area contributed by atoms with E-state index in [-0.39, 0.29) is 21.2 Å². The molecule has 0 N–H and O–H groups in total. The topological polar surface area (TPSA) is 0 Å². The predicted molar refractivity (Wildman–Crippen MR) is 69.3 cm³/mol. The van der Waals surface area contributed by atoms with E-state index in [1.54, 1.807) is 3.57 Å². The van der Waals surface area contributed by atoms with E-state index < -0.39 is 0 Å². The fraction of sp³-hybridized carbons (Fsp3) is 0.250. The Bertz CT molecular complexity index is 486. The molecule has 0 heterocycles. The fourth-order valence-electron chi connectivity index (χ4n) is 1.80. The summed E-state index contributed by atoms with van der Waals surface area (Å²) in [6.07, 6.45) is 0. The lowest BCUT2D eigenvalue weighted by atomic mass is 10.0. The first-order chi connectivity index (χ1) is 8.09. The van der Waals surface area contributed by atoms with Gasteiger partial charge in [-0.1, -0.05) is 48.5 Å². The van der Waals surface area contributed by atoms with Crippen LogP contribution >= 0.6 is 0 Å². The van der Waals surface area contributed by atoms with Gasteiger partial charge in [0, 0.05) is 11.1 Å². The highest BCUT2D eigenvalue weighted by Gasteiger charge is 2.37. The summed E-state index contributed by atoms with van der Waals surface area (Å²) in [5, 5.41) is 0. The summed E-state index contributed by atoms with van der Waals surface area (Å²) in [5.41, 5.74) is 2.89. The summed E-state index contributed by atoms with van der Waals surface area (Å²) in [6, 6.07) is 19.6. The van der Waals surface area contributed by atoms with Crippen LogP contribution in [0.3, 0.4) is 0 Å². The molecule has 0 radical (unpaired) electrons. The van der Waals surface area contributed by atoms with Crippen molar-refractivity contribution in [2.45, 2.75) is 24.2 Å². The zero-order valence-corrected chi connectivity index (χ0v) is 12.7. The number of benzene rings is 2. The summed E-state index contributed by atoms with van der Waals surface area (Å²) in [7, 11) is 0. The van der Waals surface area contributed by atoms with E-state index in [2.05, 4.69) is 75.4 Å². The molecule has 0 nitrogen and oxygen atoms in total. The highest BCUT2D eigenvalue weighted by Crippen LogP contribution is 2.12. The Hall–Kier alpha value is -0.830. The summed E-state index contributed by atoms with van der Waals surface area (Å²) in [4.78, 5) is 0. The number of halogens is 1. The first-order valence-electron chi connectivity index (χ1n) is 5.87. The summed E-state index contributed by atoms with van der Waals surface area (Å²) >= 11 is -0.0200. The van der Waals surface area contributed by atoms with Crippen molar-refractivity contribution in [2.75, 3.05) is 0 Å². The van der Waals surface area contributed by atoms with Crippen LogP contribution in [0.5, 0.6) is 0 Å². The highest BCUT2D eigenvalue weighted by atomic mass is 127. The molecule has 2 rings (SSSR count). The van der Waals surface area contributed by atoms with Gasteiger partial charge in [0.2, 0.25) is 0 Å². The quantitative estimate of drug-likeness (QED) is 0.583. The first kappa shape index (κ1) is 12.6. The number of rotatable bonds is 3. The second-order valence-corrected chi connectivity index (χ2v) is 9.08. The molecular formula is C16H18I+. The molecule has 0 aromatic heterocycles. The van der Waals surface area contributed by atoms with Crippen molar-refractivity contribution in [3.05, 3.63) is 69.3 Å². The Balaban J connectivity index is 2.27. The van der Waals surface area contributed by atoms with E-state index in [1.165, 1.54) is 11.1 Å². The van der Waals surface area contributed by atoms with Gasteiger partial charge in [0.1, 0.15) is 0 Å². The third-order valence-electron chi connectivity index (χ3n) is 2.87. The minimum absolute atomic E-state index is 0.0200. The maximum Gasteiger partial charge on any atom is 0.324 e. The van der Waals surface area contributed by atoms with Crippen LogP contribution in [0.4, 0.5) is 0 Å². The molecule has 2 aromatic rings. The third kappa shape index (κ3) is 3.09. The van der Waals surface area contributed by atoms with E-state index in [0.717, 1.165) is 0 Å². The number of hydrogen-bond donors (Lipinski definition) is 0. The van der Waals surface area contributed by atoms with E-state index in [4.69, 9.17) is 0 Å². The molecule has 0 saturated heterocycles. The maximum atomic E-state index is 2.36.